The zero-order valence-corrected chi connectivity index (χ0v) is 26.6. The minimum atomic E-state index is -1.19. The van der Waals surface area contributed by atoms with Crippen molar-refractivity contribution in [3.63, 3.8) is 0 Å². The summed E-state index contributed by atoms with van der Waals surface area (Å²) < 4.78 is 19.6. The smallest absolute Gasteiger partial charge is 0.133 e. The van der Waals surface area contributed by atoms with Crippen molar-refractivity contribution in [1.82, 2.24) is 9.80 Å². The van der Waals surface area contributed by atoms with Crippen LogP contribution >= 0.6 is 8.15 Å². The zero-order chi connectivity index (χ0) is 28.1. The van der Waals surface area contributed by atoms with Crippen LogP contribution in [0.5, 0.6) is 11.5 Å². The Hall–Kier alpha value is -1.65. The van der Waals surface area contributed by atoms with E-state index in [0.717, 1.165) is 35.2 Å². The van der Waals surface area contributed by atoms with E-state index in [1.165, 1.54) is 22.3 Å². The van der Waals surface area contributed by atoms with Crippen LogP contribution in [-0.4, -0.2) is 71.4 Å². The van der Waals surface area contributed by atoms with Gasteiger partial charge in [0.25, 0.3) is 0 Å². The third-order valence-electron chi connectivity index (χ3n) is 6.23. The second-order valence-corrected chi connectivity index (χ2v) is 14.5. The van der Waals surface area contributed by atoms with Crippen LogP contribution in [-0.2, 0) is 15.4 Å². The SMILES string of the molecule is COP(c1cc(C)cc(C(C)(C)C)c1OCCN(C)C)c1cc(C)cc(C(C)(C)C)c1OCCN(C)C. The number of hydrogen-bond donors (Lipinski definition) is 0. The van der Waals surface area contributed by atoms with Gasteiger partial charge in [0.2, 0.25) is 0 Å². The summed E-state index contributed by atoms with van der Waals surface area (Å²) in [5.74, 6) is 1.90. The molecule has 37 heavy (non-hydrogen) atoms. The fourth-order valence-corrected chi connectivity index (χ4v) is 6.25. The van der Waals surface area contributed by atoms with E-state index in [0.29, 0.717) is 13.2 Å². The van der Waals surface area contributed by atoms with Gasteiger partial charge in [-0.15, -0.1) is 0 Å². The Balaban J connectivity index is 2.81. The molecule has 0 aliphatic heterocycles. The number of aryl methyl sites for hydroxylation is 2. The molecule has 2 aromatic carbocycles. The number of likely N-dealkylation sites (N-methyl/N-ethyl adjacent to an activating group) is 2. The molecule has 5 nitrogen and oxygen atoms in total. The van der Waals surface area contributed by atoms with E-state index >= 15 is 0 Å². The Kier molecular flexibility index (Phi) is 11.0. The number of benzene rings is 2. The van der Waals surface area contributed by atoms with Crippen molar-refractivity contribution in [3.8, 4) is 11.5 Å². The number of rotatable bonds is 11. The number of hydrogen-bond acceptors (Lipinski definition) is 5. The summed E-state index contributed by atoms with van der Waals surface area (Å²) in [6, 6.07) is 9.03. The van der Waals surface area contributed by atoms with Crippen molar-refractivity contribution in [2.45, 2.75) is 66.2 Å². The van der Waals surface area contributed by atoms with Crippen LogP contribution in [0.1, 0.15) is 63.8 Å². The molecular weight excluding hydrogens is 479 g/mol. The summed E-state index contributed by atoms with van der Waals surface area (Å²) in [5, 5.41) is 2.23. The van der Waals surface area contributed by atoms with Gasteiger partial charge in [-0.25, -0.2) is 0 Å². The maximum Gasteiger partial charge on any atom is 0.133 e. The topological polar surface area (TPSA) is 34.2 Å². The number of ether oxygens (including phenoxy) is 2. The van der Waals surface area contributed by atoms with E-state index in [1.54, 1.807) is 0 Å². The van der Waals surface area contributed by atoms with Crippen molar-refractivity contribution in [3.05, 3.63) is 46.5 Å². The molecule has 0 spiro atoms. The van der Waals surface area contributed by atoms with Crippen molar-refractivity contribution in [2.75, 3.05) is 61.6 Å². The summed E-state index contributed by atoms with van der Waals surface area (Å²) in [6.07, 6.45) is 0. The molecule has 0 saturated carbocycles. The van der Waals surface area contributed by atoms with E-state index in [1.807, 2.05) is 7.11 Å². The van der Waals surface area contributed by atoms with E-state index in [2.05, 4.69) is 118 Å². The van der Waals surface area contributed by atoms with Crippen molar-refractivity contribution >= 4 is 18.8 Å². The Morgan fingerprint density at radius 3 is 1.27 bits per heavy atom. The molecule has 0 radical (unpaired) electrons. The van der Waals surface area contributed by atoms with Gasteiger partial charge < -0.3 is 23.8 Å². The third-order valence-corrected chi connectivity index (χ3v) is 8.14. The molecule has 208 valence electrons. The normalized spacial score (nSPS) is 12.6. The first-order chi connectivity index (χ1) is 17.1. The highest BCUT2D eigenvalue weighted by atomic mass is 31.1. The van der Waals surface area contributed by atoms with Crippen LogP contribution < -0.4 is 20.1 Å². The quantitative estimate of drug-likeness (QED) is 0.345. The Labute approximate surface area is 228 Å². The van der Waals surface area contributed by atoms with Gasteiger partial charge in [-0.1, -0.05) is 53.7 Å². The highest BCUT2D eigenvalue weighted by molar-refractivity contribution is 7.69. The molecule has 0 heterocycles. The first-order valence-corrected chi connectivity index (χ1v) is 14.5. The Morgan fingerprint density at radius 2 is 1.00 bits per heavy atom. The molecular formula is C31H51N2O3P. The second kappa shape index (κ2) is 12.9. The number of nitrogens with zero attached hydrogens (tertiary/aromatic N) is 2. The summed E-state index contributed by atoms with van der Waals surface area (Å²) >= 11 is 0. The van der Waals surface area contributed by atoms with Crippen LogP contribution in [0, 0.1) is 13.8 Å². The summed E-state index contributed by atoms with van der Waals surface area (Å²) in [4.78, 5) is 4.30. The average Bonchev–Trinajstić information content (AvgIpc) is 2.74. The Morgan fingerprint density at radius 1 is 0.649 bits per heavy atom. The molecule has 0 bridgehead atoms. The molecule has 0 N–H and O–H groups in total. The molecule has 0 aliphatic rings. The van der Waals surface area contributed by atoms with E-state index in [9.17, 15) is 0 Å². The molecule has 2 aromatic rings. The monoisotopic (exact) mass is 530 g/mol. The van der Waals surface area contributed by atoms with Gasteiger partial charge in [-0.3, -0.25) is 0 Å². The first kappa shape index (κ1) is 31.6. The van der Waals surface area contributed by atoms with E-state index < -0.39 is 8.15 Å². The van der Waals surface area contributed by atoms with Gasteiger partial charge in [0, 0.05) is 41.9 Å². The standard InChI is InChI=1S/C31H51N2O3P/c1-22-18-24(30(3,4)5)28(35-16-14-32(9)10)26(20-22)37(34-13)27-21-23(2)19-25(31(6,7)8)29(27)36-17-15-33(11)12/h18-21H,14-17H2,1-13H3. The van der Waals surface area contributed by atoms with Gasteiger partial charge in [0.15, 0.2) is 0 Å². The molecule has 2 rings (SSSR count). The summed E-state index contributed by atoms with van der Waals surface area (Å²) in [7, 11) is 8.92. The predicted molar refractivity (Wildman–Crippen MR) is 161 cm³/mol. The molecule has 6 heteroatoms. The highest BCUT2D eigenvalue weighted by Crippen LogP contribution is 2.46. The summed E-state index contributed by atoms with van der Waals surface area (Å²) in [6.45, 7) is 20.8. The lowest BCUT2D eigenvalue weighted by Gasteiger charge is -2.31. The minimum absolute atomic E-state index is 0.0722. The molecule has 0 aromatic heterocycles. The van der Waals surface area contributed by atoms with Crippen molar-refractivity contribution < 1.29 is 14.0 Å². The van der Waals surface area contributed by atoms with Gasteiger partial charge >= 0.3 is 0 Å². The molecule has 0 unspecified atom stereocenters. The lowest BCUT2D eigenvalue weighted by molar-refractivity contribution is 0.257. The fraction of sp³-hybridized carbons (Fsp3) is 0.613. The molecule has 0 fully saturated rings. The highest BCUT2D eigenvalue weighted by Gasteiger charge is 2.31. The lowest BCUT2D eigenvalue weighted by Crippen LogP contribution is -2.28. The van der Waals surface area contributed by atoms with Crippen LogP contribution in [0.4, 0.5) is 0 Å². The summed E-state index contributed by atoms with van der Waals surface area (Å²) in [5.41, 5.74) is 4.70. The molecule has 0 aliphatic carbocycles. The van der Waals surface area contributed by atoms with Crippen molar-refractivity contribution in [1.29, 1.82) is 0 Å². The van der Waals surface area contributed by atoms with Gasteiger partial charge in [0.1, 0.15) is 24.7 Å². The van der Waals surface area contributed by atoms with Crippen LogP contribution in [0.25, 0.3) is 0 Å². The lowest BCUT2D eigenvalue weighted by atomic mass is 9.85. The first-order valence-electron chi connectivity index (χ1n) is 13.3. The second-order valence-electron chi connectivity index (χ2n) is 12.6. The van der Waals surface area contributed by atoms with E-state index in [-0.39, 0.29) is 10.8 Å². The fourth-order valence-electron chi connectivity index (χ4n) is 4.21. The predicted octanol–water partition coefficient (Wildman–Crippen LogP) is 5.77. The van der Waals surface area contributed by atoms with Gasteiger partial charge in [-0.05, 0) is 76.1 Å². The zero-order valence-electron chi connectivity index (χ0n) is 25.7. The van der Waals surface area contributed by atoms with Gasteiger partial charge in [0.05, 0.1) is 8.15 Å². The maximum atomic E-state index is 6.59. The molecule has 0 atom stereocenters. The molecule has 0 saturated heterocycles. The van der Waals surface area contributed by atoms with Crippen LogP contribution in [0.2, 0.25) is 0 Å². The largest absolute Gasteiger partial charge is 0.491 e. The van der Waals surface area contributed by atoms with Gasteiger partial charge in [-0.2, -0.15) is 0 Å². The maximum absolute atomic E-state index is 6.59. The van der Waals surface area contributed by atoms with E-state index in [4.69, 9.17) is 14.0 Å². The Bertz CT molecular complexity index is 955. The average molecular weight is 531 g/mol. The minimum Gasteiger partial charge on any atom is -0.491 e. The van der Waals surface area contributed by atoms with Crippen LogP contribution in [0.15, 0.2) is 24.3 Å². The third kappa shape index (κ3) is 8.68. The van der Waals surface area contributed by atoms with Crippen molar-refractivity contribution in [2.24, 2.45) is 0 Å². The molecule has 0 amide bonds. The van der Waals surface area contributed by atoms with Crippen LogP contribution in [0.3, 0.4) is 0 Å².